The Morgan fingerprint density at radius 1 is 1.46 bits per heavy atom. The zero-order valence-electron chi connectivity index (χ0n) is 14.1. The Bertz CT molecular complexity index is 714. The Morgan fingerprint density at radius 3 is 2.96 bits per heavy atom. The van der Waals surface area contributed by atoms with Crippen molar-refractivity contribution >= 4 is 11.8 Å². The summed E-state index contributed by atoms with van der Waals surface area (Å²) in [5, 5.41) is 2.73. The van der Waals surface area contributed by atoms with E-state index in [0.29, 0.717) is 32.7 Å². The molecule has 130 valence electrons. The van der Waals surface area contributed by atoms with Crippen LogP contribution in [0.5, 0.6) is 0 Å². The van der Waals surface area contributed by atoms with Gasteiger partial charge in [-0.15, -0.1) is 0 Å². The third kappa shape index (κ3) is 2.84. The molecule has 0 saturated carbocycles. The maximum atomic E-state index is 12.6. The third-order valence-electron chi connectivity index (χ3n) is 5.20. The van der Waals surface area contributed by atoms with Gasteiger partial charge in [0, 0.05) is 44.9 Å². The lowest BCUT2D eigenvalue weighted by molar-refractivity contribution is -0.139. The SMILES string of the molecule is CNC(=O)[C@]12CCOC[C@H]1CN(C(=O)Cn1ccc(C)cc1=O)C2. The predicted octanol–water partition coefficient (Wildman–Crippen LogP) is -0.232. The van der Waals surface area contributed by atoms with E-state index in [1.54, 1.807) is 24.2 Å². The zero-order valence-corrected chi connectivity index (χ0v) is 14.1. The number of amides is 2. The second-order valence-electron chi connectivity index (χ2n) is 6.70. The number of ether oxygens (including phenoxy) is 1. The van der Waals surface area contributed by atoms with Crippen LogP contribution in [0.3, 0.4) is 0 Å². The molecule has 0 radical (unpaired) electrons. The molecule has 2 saturated heterocycles. The Kier molecular flexibility index (Phi) is 4.45. The largest absolute Gasteiger partial charge is 0.381 e. The molecule has 3 heterocycles. The highest BCUT2D eigenvalue weighted by Crippen LogP contribution is 2.42. The number of carbonyl (C=O) groups excluding carboxylic acids is 2. The average molecular weight is 333 g/mol. The predicted molar refractivity (Wildman–Crippen MR) is 87.4 cm³/mol. The van der Waals surface area contributed by atoms with E-state index >= 15 is 0 Å². The Hall–Kier alpha value is -2.15. The van der Waals surface area contributed by atoms with Crippen LogP contribution in [-0.2, 0) is 20.9 Å². The van der Waals surface area contributed by atoms with Gasteiger partial charge in [-0.1, -0.05) is 0 Å². The normalized spacial score (nSPS) is 26.1. The first-order valence-electron chi connectivity index (χ1n) is 8.21. The third-order valence-corrected chi connectivity index (χ3v) is 5.20. The molecule has 2 aliphatic rings. The number of carbonyl (C=O) groups is 2. The quantitative estimate of drug-likeness (QED) is 0.828. The van der Waals surface area contributed by atoms with Crippen LogP contribution in [0.25, 0.3) is 0 Å². The molecule has 0 spiro atoms. The van der Waals surface area contributed by atoms with E-state index in [1.807, 2.05) is 6.92 Å². The molecule has 1 aromatic rings. The minimum atomic E-state index is -0.569. The van der Waals surface area contributed by atoms with Crippen LogP contribution in [0.4, 0.5) is 0 Å². The smallest absolute Gasteiger partial charge is 0.251 e. The number of hydrogen-bond donors (Lipinski definition) is 1. The molecule has 2 atom stereocenters. The standard InChI is InChI=1S/C17H23N3O4/c1-12-3-5-19(14(21)7-12)9-15(22)20-8-13-10-24-6-4-17(13,11-20)16(23)18-2/h3,5,7,13H,4,6,8-11H2,1-2H3,(H,18,23)/t13-,17+/m1/s1. The molecule has 3 rings (SSSR count). The van der Waals surface area contributed by atoms with Crippen molar-refractivity contribution in [3.8, 4) is 0 Å². The van der Waals surface area contributed by atoms with Crippen molar-refractivity contribution in [2.24, 2.45) is 11.3 Å². The number of likely N-dealkylation sites (tertiary alicyclic amines) is 1. The lowest BCUT2D eigenvalue weighted by Crippen LogP contribution is -2.49. The maximum Gasteiger partial charge on any atom is 0.251 e. The fraction of sp³-hybridized carbons (Fsp3) is 0.588. The molecule has 24 heavy (non-hydrogen) atoms. The number of nitrogens with one attached hydrogen (secondary N) is 1. The van der Waals surface area contributed by atoms with E-state index < -0.39 is 5.41 Å². The lowest BCUT2D eigenvalue weighted by Gasteiger charge is -2.36. The van der Waals surface area contributed by atoms with Crippen molar-refractivity contribution < 1.29 is 14.3 Å². The van der Waals surface area contributed by atoms with E-state index in [0.717, 1.165) is 5.56 Å². The van der Waals surface area contributed by atoms with Crippen LogP contribution in [-0.4, -0.2) is 54.6 Å². The summed E-state index contributed by atoms with van der Waals surface area (Å²) in [7, 11) is 1.62. The summed E-state index contributed by atoms with van der Waals surface area (Å²) in [5.41, 5.74) is 0.108. The van der Waals surface area contributed by atoms with Gasteiger partial charge in [0.05, 0.1) is 12.0 Å². The second-order valence-corrected chi connectivity index (χ2v) is 6.70. The summed E-state index contributed by atoms with van der Waals surface area (Å²) in [6.45, 7) is 3.74. The molecule has 0 aliphatic carbocycles. The monoisotopic (exact) mass is 333 g/mol. The maximum absolute atomic E-state index is 12.6. The topological polar surface area (TPSA) is 80.6 Å². The number of aryl methyl sites for hydroxylation is 1. The number of pyridine rings is 1. The van der Waals surface area contributed by atoms with Gasteiger partial charge in [0.15, 0.2) is 0 Å². The molecule has 7 nitrogen and oxygen atoms in total. The highest BCUT2D eigenvalue weighted by Gasteiger charge is 2.54. The van der Waals surface area contributed by atoms with Crippen LogP contribution in [0.1, 0.15) is 12.0 Å². The highest BCUT2D eigenvalue weighted by molar-refractivity contribution is 5.85. The molecule has 1 N–H and O–H groups in total. The minimum absolute atomic E-state index is 0.00346. The van der Waals surface area contributed by atoms with Crippen LogP contribution in [0, 0.1) is 18.3 Å². The molecule has 0 bridgehead atoms. The number of rotatable bonds is 3. The van der Waals surface area contributed by atoms with E-state index in [-0.39, 0.29) is 29.8 Å². The molecule has 2 amide bonds. The fourth-order valence-corrected chi connectivity index (χ4v) is 3.74. The first-order chi connectivity index (χ1) is 11.5. The molecule has 7 heteroatoms. The van der Waals surface area contributed by atoms with E-state index in [4.69, 9.17) is 4.74 Å². The first kappa shape index (κ1) is 16.7. The lowest BCUT2D eigenvalue weighted by atomic mass is 9.73. The van der Waals surface area contributed by atoms with Crippen LogP contribution in [0.2, 0.25) is 0 Å². The minimum Gasteiger partial charge on any atom is -0.381 e. The van der Waals surface area contributed by atoms with Gasteiger partial charge in [-0.05, 0) is 25.0 Å². The Morgan fingerprint density at radius 2 is 2.25 bits per heavy atom. The second kappa shape index (κ2) is 6.39. The van der Waals surface area contributed by atoms with E-state index in [9.17, 15) is 14.4 Å². The summed E-state index contributed by atoms with van der Waals surface area (Å²) in [6, 6.07) is 3.31. The van der Waals surface area contributed by atoms with E-state index in [1.165, 1.54) is 10.6 Å². The van der Waals surface area contributed by atoms with Crippen LogP contribution >= 0.6 is 0 Å². The van der Waals surface area contributed by atoms with Crippen molar-refractivity contribution in [3.05, 3.63) is 34.2 Å². The Balaban J connectivity index is 1.77. The van der Waals surface area contributed by atoms with Gasteiger partial charge in [0.2, 0.25) is 11.8 Å². The van der Waals surface area contributed by atoms with Crippen molar-refractivity contribution in [1.29, 1.82) is 0 Å². The van der Waals surface area contributed by atoms with Gasteiger partial charge in [-0.25, -0.2) is 0 Å². The van der Waals surface area contributed by atoms with Crippen LogP contribution in [0.15, 0.2) is 23.1 Å². The Labute approximate surface area is 140 Å². The van der Waals surface area contributed by atoms with Crippen molar-refractivity contribution in [3.63, 3.8) is 0 Å². The fourth-order valence-electron chi connectivity index (χ4n) is 3.74. The molecule has 0 unspecified atom stereocenters. The van der Waals surface area contributed by atoms with Crippen molar-refractivity contribution in [1.82, 2.24) is 14.8 Å². The summed E-state index contributed by atoms with van der Waals surface area (Å²) in [4.78, 5) is 38.7. The molecule has 1 aromatic heterocycles. The molecular weight excluding hydrogens is 310 g/mol. The van der Waals surface area contributed by atoms with Crippen molar-refractivity contribution in [2.75, 3.05) is 33.4 Å². The molecular formula is C17H23N3O4. The van der Waals surface area contributed by atoms with Gasteiger partial charge >= 0.3 is 0 Å². The number of hydrogen-bond acceptors (Lipinski definition) is 4. The zero-order chi connectivity index (χ0) is 17.3. The number of aromatic nitrogens is 1. The number of nitrogens with zero attached hydrogens (tertiary/aromatic N) is 2. The van der Waals surface area contributed by atoms with Gasteiger partial charge in [-0.3, -0.25) is 14.4 Å². The molecule has 2 fully saturated rings. The summed E-state index contributed by atoms with van der Waals surface area (Å²) in [5.74, 6) is -0.165. The van der Waals surface area contributed by atoms with Gasteiger partial charge in [0.1, 0.15) is 6.54 Å². The van der Waals surface area contributed by atoms with Gasteiger partial charge in [-0.2, -0.15) is 0 Å². The number of fused-ring (bicyclic) bond motifs is 1. The van der Waals surface area contributed by atoms with Gasteiger partial charge in [0.25, 0.3) is 5.56 Å². The summed E-state index contributed by atoms with van der Waals surface area (Å²) < 4.78 is 6.91. The first-order valence-corrected chi connectivity index (χ1v) is 8.21. The molecule has 2 aliphatic heterocycles. The molecule has 0 aromatic carbocycles. The van der Waals surface area contributed by atoms with E-state index in [2.05, 4.69) is 5.32 Å². The summed E-state index contributed by atoms with van der Waals surface area (Å²) in [6.07, 6.45) is 2.25. The van der Waals surface area contributed by atoms with Crippen molar-refractivity contribution in [2.45, 2.75) is 19.9 Å². The van der Waals surface area contributed by atoms with Crippen LogP contribution < -0.4 is 10.9 Å². The highest BCUT2D eigenvalue weighted by atomic mass is 16.5. The summed E-state index contributed by atoms with van der Waals surface area (Å²) >= 11 is 0. The van der Waals surface area contributed by atoms with Gasteiger partial charge < -0.3 is 19.5 Å². The average Bonchev–Trinajstić information content (AvgIpc) is 2.97.